The van der Waals surface area contributed by atoms with Crippen molar-refractivity contribution in [3.8, 4) is 0 Å². The average Bonchev–Trinajstić information content (AvgIpc) is 2.13. The van der Waals surface area contributed by atoms with Crippen molar-refractivity contribution in [1.29, 1.82) is 0 Å². The van der Waals surface area contributed by atoms with Gasteiger partial charge in [-0.15, -0.1) is 0 Å². The molecule has 1 saturated heterocycles. The van der Waals surface area contributed by atoms with Gasteiger partial charge in [-0.2, -0.15) is 0 Å². The van der Waals surface area contributed by atoms with Crippen LogP contribution >= 0.6 is 0 Å². The Labute approximate surface area is 58.4 Å². The fourth-order valence-electron chi connectivity index (χ4n) is 0.976. The van der Waals surface area contributed by atoms with Crippen LogP contribution in [0.3, 0.4) is 0 Å². The SMILES string of the molecule is O=C1C[C@H](O)[C@@H](CCO)O1. The van der Waals surface area contributed by atoms with E-state index in [1.54, 1.807) is 0 Å². The zero-order valence-corrected chi connectivity index (χ0v) is 5.49. The lowest BCUT2D eigenvalue weighted by Crippen LogP contribution is -2.21. The Kier molecular flexibility index (Phi) is 2.24. The fraction of sp³-hybridized carbons (Fsp3) is 0.833. The van der Waals surface area contributed by atoms with Crippen LogP contribution in [0.25, 0.3) is 0 Å². The minimum atomic E-state index is -0.723. The number of hydrogen-bond donors (Lipinski definition) is 2. The van der Waals surface area contributed by atoms with Crippen molar-refractivity contribution in [3.63, 3.8) is 0 Å². The number of cyclic esters (lactones) is 1. The summed E-state index contributed by atoms with van der Waals surface area (Å²) in [4.78, 5) is 10.5. The maximum absolute atomic E-state index is 10.5. The molecule has 10 heavy (non-hydrogen) atoms. The minimum absolute atomic E-state index is 0.0602. The second-order valence-electron chi connectivity index (χ2n) is 2.31. The van der Waals surface area contributed by atoms with Crippen molar-refractivity contribution in [2.24, 2.45) is 0 Å². The van der Waals surface area contributed by atoms with E-state index < -0.39 is 12.2 Å². The number of esters is 1. The Hall–Kier alpha value is -0.610. The van der Waals surface area contributed by atoms with Crippen LogP contribution in [0, 0.1) is 0 Å². The lowest BCUT2D eigenvalue weighted by Gasteiger charge is -2.09. The molecule has 1 aliphatic rings. The van der Waals surface area contributed by atoms with E-state index in [9.17, 15) is 4.79 Å². The first-order valence-electron chi connectivity index (χ1n) is 3.22. The Morgan fingerprint density at radius 2 is 2.40 bits per heavy atom. The molecule has 0 aromatic rings. The molecule has 0 aromatic carbocycles. The molecule has 1 fully saturated rings. The summed E-state index contributed by atoms with van der Waals surface area (Å²) >= 11 is 0. The Morgan fingerprint density at radius 1 is 1.70 bits per heavy atom. The molecule has 4 heteroatoms. The topological polar surface area (TPSA) is 66.8 Å². The first-order valence-corrected chi connectivity index (χ1v) is 3.22. The van der Waals surface area contributed by atoms with Gasteiger partial charge in [0.25, 0.3) is 0 Å². The molecule has 58 valence electrons. The van der Waals surface area contributed by atoms with E-state index in [-0.39, 0.29) is 19.0 Å². The third kappa shape index (κ3) is 1.46. The molecule has 0 aliphatic carbocycles. The monoisotopic (exact) mass is 146 g/mol. The lowest BCUT2D eigenvalue weighted by atomic mass is 10.1. The van der Waals surface area contributed by atoms with Crippen molar-refractivity contribution < 1.29 is 19.7 Å². The van der Waals surface area contributed by atoms with Gasteiger partial charge in [-0.3, -0.25) is 4.79 Å². The van der Waals surface area contributed by atoms with Gasteiger partial charge in [0.1, 0.15) is 12.2 Å². The van der Waals surface area contributed by atoms with Crippen molar-refractivity contribution >= 4 is 5.97 Å². The molecule has 0 saturated carbocycles. The summed E-state index contributed by atoms with van der Waals surface area (Å²) in [6.45, 7) is -0.0605. The Balaban J connectivity index is 2.38. The highest BCUT2D eigenvalue weighted by Gasteiger charge is 2.32. The fourth-order valence-corrected chi connectivity index (χ4v) is 0.976. The second-order valence-corrected chi connectivity index (χ2v) is 2.31. The Bertz CT molecular complexity index is 134. The van der Waals surface area contributed by atoms with Crippen LogP contribution < -0.4 is 0 Å². The quantitative estimate of drug-likeness (QED) is 0.493. The van der Waals surface area contributed by atoms with E-state index in [0.717, 1.165) is 0 Å². The maximum atomic E-state index is 10.5. The number of rotatable bonds is 2. The van der Waals surface area contributed by atoms with Gasteiger partial charge in [0.2, 0.25) is 0 Å². The Morgan fingerprint density at radius 3 is 2.80 bits per heavy atom. The van der Waals surface area contributed by atoms with E-state index in [1.807, 2.05) is 0 Å². The van der Waals surface area contributed by atoms with Crippen molar-refractivity contribution in [2.75, 3.05) is 6.61 Å². The summed E-state index contributed by atoms with van der Waals surface area (Å²) in [6, 6.07) is 0. The van der Waals surface area contributed by atoms with Gasteiger partial charge in [-0.1, -0.05) is 0 Å². The van der Waals surface area contributed by atoms with E-state index in [4.69, 9.17) is 10.2 Å². The van der Waals surface area contributed by atoms with Crippen LogP contribution in [0.5, 0.6) is 0 Å². The lowest BCUT2D eigenvalue weighted by molar-refractivity contribution is -0.142. The van der Waals surface area contributed by atoms with Gasteiger partial charge < -0.3 is 14.9 Å². The minimum Gasteiger partial charge on any atom is -0.459 e. The smallest absolute Gasteiger partial charge is 0.308 e. The zero-order chi connectivity index (χ0) is 7.56. The maximum Gasteiger partial charge on any atom is 0.308 e. The van der Waals surface area contributed by atoms with Crippen molar-refractivity contribution in [2.45, 2.75) is 25.0 Å². The van der Waals surface area contributed by atoms with E-state index in [1.165, 1.54) is 0 Å². The van der Waals surface area contributed by atoms with Gasteiger partial charge in [0, 0.05) is 13.0 Å². The van der Waals surface area contributed by atoms with Gasteiger partial charge in [-0.25, -0.2) is 0 Å². The number of aliphatic hydroxyl groups excluding tert-OH is 2. The molecule has 4 nitrogen and oxygen atoms in total. The van der Waals surface area contributed by atoms with Crippen LogP contribution in [0.2, 0.25) is 0 Å². The number of carbonyl (C=O) groups is 1. The largest absolute Gasteiger partial charge is 0.459 e. The highest BCUT2D eigenvalue weighted by molar-refractivity contribution is 5.72. The molecular formula is C6H10O4. The molecule has 1 heterocycles. The molecule has 0 radical (unpaired) electrons. The number of ether oxygens (including phenoxy) is 1. The molecule has 0 amide bonds. The summed E-state index contributed by atoms with van der Waals surface area (Å²) in [5.41, 5.74) is 0. The highest BCUT2D eigenvalue weighted by atomic mass is 16.6. The van der Waals surface area contributed by atoms with E-state index in [2.05, 4.69) is 4.74 Å². The van der Waals surface area contributed by atoms with E-state index in [0.29, 0.717) is 6.42 Å². The summed E-state index contributed by atoms with van der Waals surface area (Å²) in [5.74, 6) is -0.383. The molecule has 0 bridgehead atoms. The highest BCUT2D eigenvalue weighted by Crippen LogP contribution is 2.16. The molecule has 0 unspecified atom stereocenters. The second kappa shape index (κ2) is 2.98. The molecule has 2 atom stereocenters. The van der Waals surface area contributed by atoms with E-state index >= 15 is 0 Å². The number of aliphatic hydroxyl groups is 2. The van der Waals surface area contributed by atoms with Crippen LogP contribution in [-0.4, -0.2) is 35.0 Å². The number of carbonyl (C=O) groups excluding carboxylic acids is 1. The van der Waals surface area contributed by atoms with Gasteiger partial charge in [-0.05, 0) is 0 Å². The molecule has 1 aliphatic heterocycles. The predicted octanol–water partition coefficient (Wildman–Crippen LogP) is -0.955. The van der Waals surface area contributed by atoms with Gasteiger partial charge in [0.15, 0.2) is 0 Å². The van der Waals surface area contributed by atoms with Crippen LogP contribution in [0.4, 0.5) is 0 Å². The third-order valence-corrected chi connectivity index (χ3v) is 1.50. The zero-order valence-electron chi connectivity index (χ0n) is 5.49. The van der Waals surface area contributed by atoms with Crippen LogP contribution in [-0.2, 0) is 9.53 Å². The summed E-state index contributed by atoms with van der Waals surface area (Å²) in [7, 11) is 0. The van der Waals surface area contributed by atoms with Gasteiger partial charge >= 0.3 is 5.97 Å². The average molecular weight is 146 g/mol. The molecule has 0 spiro atoms. The standard InChI is InChI=1S/C6H10O4/c7-2-1-5-4(8)3-6(9)10-5/h4-5,7-8H,1-3H2/t4-,5+/m0/s1. The normalized spacial score (nSPS) is 32.4. The number of hydrogen-bond acceptors (Lipinski definition) is 4. The summed E-state index contributed by atoms with van der Waals surface area (Å²) in [5, 5.41) is 17.5. The summed E-state index contributed by atoms with van der Waals surface area (Å²) < 4.78 is 4.67. The van der Waals surface area contributed by atoms with Crippen molar-refractivity contribution in [1.82, 2.24) is 0 Å². The predicted molar refractivity (Wildman–Crippen MR) is 32.2 cm³/mol. The van der Waals surface area contributed by atoms with Crippen molar-refractivity contribution in [3.05, 3.63) is 0 Å². The molecule has 2 N–H and O–H groups in total. The van der Waals surface area contributed by atoms with Crippen LogP contribution in [0.15, 0.2) is 0 Å². The molecule has 0 aromatic heterocycles. The summed E-state index contributed by atoms with van der Waals surface area (Å²) in [6.07, 6.45) is -0.824. The molecular weight excluding hydrogens is 136 g/mol. The third-order valence-electron chi connectivity index (χ3n) is 1.50. The van der Waals surface area contributed by atoms with Gasteiger partial charge in [0.05, 0.1) is 6.42 Å². The molecule has 1 rings (SSSR count). The first kappa shape index (κ1) is 7.50. The van der Waals surface area contributed by atoms with Crippen LogP contribution in [0.1, 0.15) is 12.8 Å². The first-order chi connectivity index (χ1) is 4.74.